The van der Waals surface area contributed by atoms with Crippen LogP contribution in [0.15, 0.2) is 28.4 Å². The monoisotopic (exact) mass is 181 g/mol. The van der Waals surface area contributed by atoms with Crippen molar-refractivity contribution in [1.82, 2.24) is 0 Å². The van der Waals surface area contributed by atoms with Gasteiger partial charge in [-0.25, -0.2) is 4.99 Å². The van der Waals surface area contributed by atoms with E-state index in [1.54, 1.807) is 19.1 Å². The molecule has 1 aliphatic heterocycles. The Kier molecular flexibility index (Phi) is 2.41. The van der Waals surface area contributed by atoms with Crippen LogP contribution < -0.4 is 0 Å². The van der Waals surface area contributed by atoms with Crippen molar-refractivity contribution in [3.05, 3.63) is 23.4 Å². The van der Waals surface area contributed by atoms with Gasteiger partial charge >= 0.3 is 0 Å². The number of methoxy groups -OCH3 is 1. The minimum absolute atomic E-state index is 0.382. The molecular formula is C11H17NO. The highest BCUT2D eigenvalue weighted by molar-refractivity contribution is 5.79. The van der Waals surface area contributed by atoms with Gasteiger partial charge in [0.05, 0.1) is 7.11 Å². The second-order valence-corrected chi connectivity index (χ2v) is 3.22. The van der Waals surface area contributed by atoms with Crippen molar-refractivity contribution >= 4 is 5.90 Å². The number of aliphatic imine (C=N–C) groups is 1. The predicted octanol–water partition coefficient (Wildman–Crippen LogP) is 2.92. The zero-order valence-electron chi connectivity index (χ0n) is 10.6. The summed E-state index contributed by atoms with van der Waals surface area (Å²) in [6.07, 6.45) is 2.91. The molecule has 1 aliphatic rings. The molecule has 0 radical (unpaired) electrons. The molecule has 1 heterocycles. The molecule has 2 atom stereocenters. The lowest BCUT2D eigenvalue weighted by atomic mass is 10.0. The third-order valence-electron chi connectivity index (χ3n) is 1.74. The van der Waals surface area contributed by atoms with Crippen LogP contribution in [0.5, 0.6) is 0 Å². The van der Waals surface area contributed by atoms with E-state index in [2.05, 4.69) is 4.99 Å². The van der Waals surface area contributed by atoms with Gasteiger partial charge in [-0.1, -0.05) is 24.6 Å². The zero-order chi connectivity index (χ0) is 11.6. The number of allylic oxidation sites excluding steroid dienone is 3. The fourth-order valence-electron chi connectivity index (χ4n) is 1.31. The van der Waals surface area contributed by atoms with Gasteiger partial charge in [-0.15, -0.1) is 0 Å². The average molecular weight is 181 g/mol. The van der Waals surface area contributed by atoms with Gasteiger partial charge in [-0.05, 0) is 19.7 Å². The first kappa shape index (κ1) is 7.36. The van der Waals surface area contributed by atoms with Crippen LogP contribution in [-0.4, -0.2) is 13.0 Å². The number of rotatable bonds is 0. The first-order chi connectivity index (χ1) is 6.85. The van der Waals surface area contributed by atoms with Crippen molar-refractivity contribution < 1.29 is 7.48 Å². The molecule has 0 amide bonds. The highest BCUT2D eigenvalue weighted by Gasteiger charge is 2.06. The van der Waals surface area contributed by atoms with E-state index >= 15 is 0 Å². The van der Waals surface area contributed by atoms with Gasteiger partial charge < -0.3 is 4.74 Å². The normalized spacial score (nSPS) is 45.2. The molecule has 1 rings (SSSR count). The van der Waals surface area contributed by atoms with Crippen LogP contribution in [0.3, 0.4) is 0 Å². The molecule has 2 nitrogen and oxygen atoms in total. The third kappa shape index (κ3) is 3.05. The lowest BCUT2D eigenvalue weighted by Gasteiger charge is -2.11. The fraction of sp³-hybridized carbons (Fsp3) is 0.545. The minimum Gasteiger partial charge on any atom is -0.484 e. The highest BCUT2D eigenvalue weighted by atomic mass is 16.5. The number of hydrogen-bond acceptors (Lipinski definition) is 2. The van der Waals surface area contributed by atoms with Gasteiger partial charge in [0.2, 0.25) is 0 Å². The van der Waals surface area contributed by atoms with Crippen LogP contribution >= 0.6 is 0 Å². The number of hydrogen-bond donors (Lipinski definition) is 0. The largest absolute Gasteiger partial charge is 0.484 e. The van der Waals surface area contributed by atoms with Crippen LogP contribution in [0.2, 0.25) is 0 Å². The quantitative estimate of drug-likeness (QED) is 0.526. The smallest absolute Gasteiger partial charge is 0.191 e. The molecule has 0 saturated carbocycles. The lowest BCUT2D eigenvalue weighted by molar-refractivity contribution is 0.393. The maximum atomic E-state index is 7.99. The Morgan fingerprint density at radius 3 is 2.92 bits per heavy atom. The Balaban J connectivity index is 3.23. The van der Waals surface area contributed by atoms with Crippen molar-refractivity contribution in [3.63, 3.8) is 0 Å². The van der Waals surface area contributed by atoms with Crippen molar-refractivity contribution in [3.8, 4) is 0 Å². The summed E-state index contributed by atoms with van der Waals surface area (Å²) >= 11 is 0. The Morgan fingerprint density at radius 2 is 2.31 bits per heavy atom. The van der Waals surface area contributed by atoms with Gasteiger partial charge in [0.25, 0.3) is 0 Å². The highest BCUT2D eigenvalue weighted by Crippen LogP contribution is 2.15. The molecule has 0 N–H and O–H groups in total. The number of nitrogens with zero attached hydrogens (tertiary/aromatic N) is 1. The molecular weight excluding hydrogens is 162 g/mol. The van der Waals surface area contributed by atoms with E-state index in [1.165, 1.54) is 7.11 Å². The molecule has 0 fully saturated rings. The maximum Gasteiger partial charge on any atom is 0.191 e. The summed E-state index contributed by atoms with van der Waals surface area (Å²) in [6.45, 7) is 5.42. The summed E-state index contributed by atoms with van der Waals surface area (Å²) in [6, 6.07) is 0. The summed E-state index contributed by atoms with van der Waals surface area (Å²) in [4.78, 5) is 4.19. The molecule has 0 spiro atoms. The molecule has 0 aromatic heterocycles. The van der Waals surface area contributed by atoms with Gasteiger partial charge in [-0.3, -0.25) is 0 Å². The molecule has 0 aromatic carbocycles. The Hall–Kier alpha value is -1.05. The molecule has 0 aliphatic carbocycles. The van der Waals surface area contributed by atoms with Gasteiger partial charge in [-0.2, -0.15) is 0 Å². The summed E-state index contributed by atoms with van der Waals surface area (Å²) < 4.78 is 21.0. The Morgan fingerprint density at radius 1 is 1.62 bits per heavy atom. The first-order valence-electron chi connectivity index (χ1n) is 5.37. The van der Waals surface area contributed by atoms with Gasteiger partial charge in [0.15, 0.2) is 5.90 Å². The Labute approximate surface area is 82.8 Å². The standard InChI is InChI=1S/C11H17NO/c1-8-5-9(2)7-11(13-4)12-10(3)6-8/h5-6,8H,7H2,1-4H3/b9-5-,10-6-,12-11?/i7D,8D. The molecule has 2 unspecified atom stereocenters. The fourth-order valence-corrected chi connectivity index (χ4v) is 1.31. The summed E-state index contributed by atoms with van der Waals surface area (Å²) in [5, 5.41) is 0. The third-order valence-corrected chi connectivity index (χ3v) is 1.74. The zero-order valence-corrected chi connectivity index (χ0v) is 8.59. The van der Waals surface area contributed by atoms with Crippen molar-refractivity contribution in [2.75, 3.05) is 7.11 Å². The first-order valence-corrected chi connectivity index (χ1v) is 4.29. The summed E-state index contributed by atoms with van der Waals surface area (Å²) in [5.41, 5.74) is 1.50. The van der Waals surface area contributed by atoms with E-state index in [1.807, 2.05) is 13.8 Å². The van der Waals surface area contributed by atoms with Crippen LogP contribution in [0.1, 0.15) is 29.9 Å². The van der Waals surface area contributed by atoms with Crippen LogP contribution in [0.25, 0.3) is 0 Å². The van der Waals surface area contributed by atoms with E-state index in [0.717, 1.165) is 5.57 Å². The van der Waals surface area contributed by atoms with Gasteiger partial charge in [0, 0.05) is 14.8 Å². The molecule has 0 saturated heterocycles. The average Bonchev–Trinajstić information content (AvgIpc) is 2.09. The predicted molar refractivity (Wildman–Crippen MR) is 55.7 cm³/mol. The SMILES string of the molecule is [2H]C1C(OC)=N/C(C)=C\C([2H])(C)/C=C\1C. The summed E-state index contributed by atoms with van der Waals surface area (Å²) in [7, 11) is 1.52. The molecule has 0 aromatic rings. The maximum absolute atomic E-state index is 7.99. The van der Waals surface area contributed by atoms with Crippen LogP contribution in [-0.2, 0) is 4.74 Å². The van der Waals surface area contributed by atoms with Gasteiger partial charge in [0.1, 0.15) is 0 Å². The van der Waals surface area contributed by atoms with Crippen molar-refractivity contribution in [2.24, 2.45) is 10.9 Å². The van der Waals surface area contributed by atoms with Crippen molar-refractivity contribution in [1.29, 1.82) is 0 Å². The van der Waals surface area contributed by atoms with E-state index in [0.29, 0.717) is 11.6 Å². The van der Waals surface area contributed by atoms with Crippen LogP contribution in [0.4, 0.5) is 0 Å². The molecule has 13 heavy (non-hydrogen) atoms. The van der Waals surface area contributed by atoms with E-state index in [-0.39, 0.29) is 0 Å². The molecule has 0 bridgehead atoms. The molecule has 72 valence electrons. The second-order valence-electron chi connectivity index (χ2n) is 3.22. The number of ether oxygens (including phenoxy) is 1. The summed E-state index contributed by atoms with van der Waals surface area (Å²) in [5.74, 6) is -0.413. The second kappa shape index (κ2) is 4.26. The van der Waals surface area contributed by atoms with E-state index < -0.39 is 12.3 Å². The van der Waals surface area contributed by atoms with Crippen molar-refractivity contribution in [2.45, 2.75) is 27.2 Å². The van der Waals surface area contributed by atoms with E-state index in [9.17, 15) is 0 Å². The minimum atomic E-state index is -0.795. The lowest BCUT2D eigenvalue weighted by Crippen LogP contribution is -2.05. The topological polar surface area (TPSA) is 21.6 Å². The Bertz CT molecular complexity index is 342. The molecule has 2 heteroatoms. The van der Waals surface area contributed by atoms with Crippen LogP contribution in [0, 0.1) is 5.89 Å². The van der Waals surface area contributed by atoms with E-state index in [4.69, 9.17) is 7.48 Å².